The summed E-state index contributed by atoms with van der Waals surface area (Å²) >= 11 is 0. The molecule has 33 heavy (non-hydrogen) atoms. The molecule has 0 saturated heterocycles. The summed E-state index contributed by atoms with van der Waals surface area (Å²) in [5, 5.41) is 0. The molecule has 7 nitrogen and oxygen atoms in total. The first kappa shape index (κ1) is 24.1. The minimum Gasteiger partial charge on any atom is -0.497 e. The van der Waals surface area contributed by atoms with Crippen molar-refractivity contribution in [3.63, 3.8) is 0 Å². The second-order valence-corrected chi connectivity index (χ2v) is 9.50. The van der Waals surface area contributed by atoms with Crippen molar-refractivity contribution in [1.82, 2.24) is 4.90 Å². The molecule has 3 rings (SSSR count). The Labute approximate surface area is 195 Å². The van der Waals surface area contributed by atoms with Crippen molar-refractivity contribution in [2.45, 2.75) is 17.9 Å². The Morgan fingerprint density at radius 2 is 1.55 bits per heavy atom. The number of sulfonamides is 1. The van der Waals surface area contributed by atoms with Gasteiger partial charge in [0, 0.05) is 25.2 Å². The smallest absolute Gasteiger partial charge is 0.264 e. The molecule has 0 aliphatic heterocycles. The summed E-state index contributed by atoms with van der Waals surface area (Å²) in [6.45, 7) is 1.90. The van der Waals surface area contributed by atoms with Crippen LogP contribution in [0.4, 0.5) is 5.69 Å². The third-order valence-electron chi connectivity index (χ3n) is 5.67. The Hall–Kier alpha value is -3.52. The van der Waals surface area contributed by atoms with Gasteiger partial charge in [-0.25, -0.2) is 8.42 Å². The van der Waals surface area contributed by atoms with Crippen LogP contribution in [0.5, 0.6) is 11.5 Å². The highest BCUT2D eigenvalue weighted by molar-refractivity contribution is 7.92. The molecular weight excluding hydrogens is 440 g/mol. The fourth-order valence-corrected chi connectivity index (χ4v) is 4.72. The maximum absolute atomic E-state index is 13.2. The number of amides is 1. The quantitative estimate of drug-likeness (QED) is 0.491. The zero-order valence-electron chi connectivity index (χ0n) is 19.3. The molecule has 3 aromatic rings. The molecule has 0 aromatic heterocycles. The minimum atomic E-state index is -3.87. The van der Waals surface area contributed by atoms with Crippen molar-refractivity contribution in [1.29, 1.82) is 0 Å². The normalized spacial score (nSPS) is 12.0. The molecule has 1 amide bonds. The van der Waals surface area contributed by atoms with Crippen molar-refractivity contribution >= 4 is 21.6 Å². The second kappa shape index (κ2) is 9.95. The van der Waals surface area contributed by atoms with Gasteiger partial charge in [-0.05, 0) is 55.5 Å². The summed E-state index contributed by atoms with van der Waals surface area (Å²) < 4.78 is 38.2. The van der Waals surface area contributed by atoms with E-state index in [1.165, 1.54) is 23.5 Å². The van der Waals surface area contributed by atoms with Crippen molar-refractivity contribution in [3.05, 3.63) is 83.9 Å². The standard InChI is InChI=1S/C25H28N2O5S/c1-18(23-11-6-7-12-24(23)32-5)26(2)25(28)19-9-8-10-22(17-19)33(29,30)27(3)20-13-15-21(31-4)16-14-20/h6-18H,1-5H3. The predicted octanol–water partition coefficient (Wildman–Crippen LogP) is 4.36. The van der Waals surface area contributed by atoms with E-state index in [4.69, 9.17) is 9.47 Å². The number of methoxy groups -OCH3 is 2. The number of hydrogen-bond acceptors (Lipinski definition) is 5. The first-order valence-electron chi connectivity index (χ1n) is 10.3. The number of para-hydroxylation sites is 1. The zero-order valence-corrected chi connectivity index (χ0v) is 20.2. The van der Waals surface area contributed by atoms with Gasteiger partial charge >= 0.3 is 0 Å². The summed E-state index contributed by atoms with van der Waals surface area (Å²) in [6, 6.07) is 20.0. The van der Waals surface area contributed by atoms with Crippen molar-refractivity contribution < 1.29 is 22.7 Å². The number of hydrogen-bond donors (Lipinski definition) is 0. The van der Waals surface area contributed by atoms with E-state index < -0.39 is 10.0 Å². The fraction of sp³-hybridized carbons (Fsp3) is 0.240. The Balaban J connectivity index is 1.87. The van der Waals surface area contributed by atoms with Crippen LogP contribution in [0.2, 0.25) is 0 Å². The molecule has 0 radical (unpaired) electrons. The van der Waals surface area contributed by atoms with Crippen LogP contribution in [0.25, 0.3) is 0 Å². The lowest BCUT2D eigenvalue weighted by Gasteiger charge is -2.27. The molecule has 0 aliphatic carbocycles. The Bertz CT molecular complexity index is 1230. The van der Waals surface area contributed by atoms with Crippen LogP contribution in [-0.2, 0) is 10.0 Å². The fourth-order valence-electron chi connectivity index (χ4n) is 3.48. The van der Waals surface area contributed by atoms with E-state index in [2.05, 4.69) is 0 Å². The van der Waals surface area contributed by atoms with Crippen molar-refractivity contribution in [2.24, 2.45) is 0 Å². The van der Waals surface area contributed by atoms with Crippen LogP contribution in [0.3, 0.4) is 0 Å². The van der Waals surface area contributed by atoms with E-state index in [1.807, 2.05) is 31.2 Å². The monoisotopic (exact) mass is 468 g/mol. The summed E-state index contributed by atoms with van der Waals surface area (Å²) in [4.78, 5) is 14.8. The van der Waals surface area contributed by atoms with E-state index in [1.54, 1.807) is 62.6 Å². The van der Waals surface area contributed by atoms with Gasteiger partial charge in [0.05, 0.1) is 30.8 Å². The third kappa shape index (κ3) is 4.96. The Morgan fingerprint density at radius 1 is 0.879 bits per heavy atom. The van der Waals surface area contributed by atoms with Gasteiger partial charge in [-0.3, -0.25) is 9.10 Å². The SMILES string of the molecule is COc1ccc(N(C)S(=O)(=O)c2cccc(C(=O)N(C)C(C)c3ccccc3OC)c2)cc1. The average Bonchev–Trinajstić information content (AvgIpc) is 2.86. The highest BCUT2D eigenvalue weighted by atomic mass is 32.2. The topological polar surface area (TPSA) is 76.2 Å². The highest BCUT2D eigenvalue weighted by Crippen LogP contribution is 2.30. The molecule has 0 heterocycles. The Morgan fingerprint density at radius 3 is 2.18 bits per heavy atom. The van der Waals surface area contributed by atoms with Crippen LogP contribution in [0.15, 0.2) is 77.7 Å². The number of benzene rings is 3. The molecule has 0 aliphatic rings. The van der Waals surface area contributed by atoms with Gasteiger partial charge in [0.25, 0.3) is 15.9 Å². The zero-order chi connectivity index (χ0) is 24.2. The molecule has 1 atom stereocenters. The number of ether oxygens (including phenoxy) is 2. The molecule has 0 fully saturated rings. The van der Waals surface area contributed by atoms with Crippen LogP contribution in [-0.4, -0.2) is 47.5 Å². The number of rotatable bonds is 8. The van der Waals surface area contributed by atoms with Gasteiger partial charge in [-0.1, -0.05) is 24.3 Å². The van der Waals surface area contributed by atoms with Gasteiger partial charge in [-0.2, -0.15) is 0 Å². The third-order valence-corrected chi connectivity index (χ3v) is 7.45. The summed E-state index contributed by atoms with van der Waals surface area (Å²) in [7, 11) is 2.41. The summed E-state index contributed by atoms with van der Waals surface area (Å²) in [5.41, 5.74) is 1.62. The predicted molar refractivity (Wildman–Crippen MR) is 129 cm³/mol. The number of nitrogens with zero attached hydrogens (tertiary/aromatic N) is 2. The van der Waals surface area contributed by atoms with Crippen molar-refractivity contribution in [3.8, 4) is 11.5 Å². The van der Waals surface area contributed by atoms with E-state index >= 15 is 0 Å². The largest absolute Gasteiger partial charge is 0.497 e. The number of carbonyl (C=O) groups is 1. The molecule has 8 heteroatoms. The highest BCUT2D eigenvalue weighted by Gasteiger charge is 2.25. The average molecular weight is 469 g/mol. The maximum Gasteiger partial charge on any atom is 0.264 e. The lowest BCUT2D eigenvalue weighted by molar-refractivity contribution is 0.0741. The van der Waals surface area contributed by atoms with E-state index in [0.29, 0.717) is 17.2 Å². The lowest BCUT2D eigenvalue weighted by atomic mass is 10.0. The Kier molecular flexibility index (Phi) is 7.28. The van der Waals surface area contributed by atoms with Crippen LogP contribution in [0.1, 0.15) is 28.9 Å². The molecule has 1 unspecified atom stereocenters. The van der Waals surface area contributed by atoms with Crippen LogP contribution >= 0.6 is 0 Å². The number of carbonyl (C=O) groups excluding carboxylic acids is 1. The first-order valence-corrected chi connectivity index (χ1v) is 11.8. The molecule has 0 saturated carbocycles. The minimum absolute atomic E-state index is 0.0324. The van der Waals surface area contributed by atoms with Crippen LogP contribution < -0.4 is 13.8 Å². The molecule has 3 aromatic carbocycles. The molecule has 174 valence electrons. The first-order chi connectivity index (χ1) is 15.7. The van der Waals surface area contributed by atoms with Gasteiger partial charge in [0.2, 0.25) is 0 Å². The van der Waals surface area contributed by atoms with Gasteiger partial charge in [0.1, 0.15) is 11.5 Å². The van der Waals surface area contributed by atoms with Gasteiger partial charge < -0.3 is 14.4 Å². The molecule has 0 bridgehead atoms. The second-order valence-electron chi connectivity index (χ2n) is 7.53. The van der Waals surface area contributed by atoms with Gasteiger partial charge in [-0.15, -0.1) is 0 Å². The summed E-state index contributed by atoms with van der Waals surface area (Å²) in [6.07, 6.45) is 0. The maximum atomic E-state index is 13.2. The van der Waals surface area contributed by atoms with Gasteiger partial charge in [0.15, 0.2) is 0 Å². The molecule has 0 spiro atoms. The summed E-state index contributed by atoms with van der Waals surface area (Å²) in [5.74, 6) is 1.02. The molecular formula is C25H28N2O5S. The van der Waals surface area contributed by atoms with E-state index in [-0.39, 0.29) is 22.4 Å². The molecule has 0 N–H and O–H groups in total. The van der Waals surface area contributed by atoms with Crippen molar-refractivity contribution in [2.75, 3.05) is 32.6 Å². The van der Waals surface area contributed by atoms with Crippen LogP contribution in [0, 0.1) is 0 Å². The lowest BCUT2D eigenvalue weighted by Crippen LogP contribution is -2.30. The van der Waals surface area contributed by atoms with E-state index in [9.17, 15) is 13.2 Å². The number of anilines is 1. The van der Waals surface area contributed by atoms with E-state index in [0.717, 1.165) is 5.56 Å².